The van der Waals surface area contributed by atoms with E-state index in [1.807, 2.05) is 0 Å². The van der Waals surface area contributed by atoms with Crippen LogP contribution >= 0.6 is 0 Å². The molecule has 0 aromatic heterocycles. The van der Waals surface area contributed by atoms with Crippen LogP contribution in [0.25, 0.3) is 0 Å². The highest BCUT2D eigenvalue weighted by Gasteiger charge is 2.17. The van der Waals surface area contributed by atoms with E-state index in [0.717, 1.165) is 24.8 Å². The molecule has 0 saturated heterocycles. The van der Waals surface area contributed by atoms with Gasteiger partial charge in [-0.2, -0.15) is 0 Å². The first-order valence-corrected chi connectivity index (χ1v) is 6.47. The molecule has 86 valence electrons. The minimum absolute atomic E-state index is 0.932. The van der Waals surface area contributed by atoms with Crippen LogP contribution in [0.5, 0.6) is 0 Å². The lowest BCUT2D eigenvalue weighted by atomic mass is 9.82. The molecule has 1 rings (SSSR count). The third-order valence-corrected chi connectivity index (χ3v) is 3.40. The van der Waals surface area contributed by atoms with E-state index in [1.54, 1.807) is 0 Å². The molecular weight excluding hydrogens is 182 g/mol. The van der Waals surface area contributed by atoms with Gasteiger partial charge in [-0.25, -0.2) is 0 Å². The largest absolute Gasteiger partial charge is 0.316 e. The summed E-state index contributed by atoms with van der Waals surface area (Å²) in [5.74, 6) is 4.57. The molecule has 0 radical (unpaired) electrons. The zero-order valence-electron chi connectivity index (χ0n) is 10.1. The topological polar surface area (TPSA) is 12.0 Å². The second kappa shape index (κ2) is 7.77. The zero-order chi connectivity index (χ0) is 10.9. The van der Waals surface area contributed by atoms with Gasteiger partial charge in [-0.1, -0.05) is 19.8 Å². The van der Waals surface area contributed by atoms with Crippen molar-refractivity contribution in [2.24, 2.45) is 11.8 Å². The standard InChI is InChI=1S/C14H25N/c1-3-4-5-6-10-15-12-14-9-7-8-13(2)11-14/h1,13-15H,4-12H2,2H3. The average molecular weight is 207 g/mol. The second-order valence-corrected chi connectivity index (χ2v) is 5.00. The monoisotopic (exact) mass is 207 g/mol. The summed E-state index contributed by atoms with van der Waals surface area (Å²) in [5, 5.41) is 3.57. The Bertz CT molecular complexity index is 192. The number of rotatable bonds is 6. The van der Waals surface area contributed by atoms with Crippen molar-refractivity contribution in [2.75, 3.05) is 13.1 Å². The molecule has 1 fully saturated rings. The average Bonchev–Trinajstić information content (AvgIpc) is 2.23. The highest BCUT2D eigenvalue weighted by atomic mass is 14.9. The molecule has 0 amide bonds. The third kappa shape index (κ3) is 5.85. The number of hydrogen-bond donors (Lipinski definition) is 1. The van der Waals surface area contributed by atoms with E-state index in [0.29, 0.717) is 0 Å². The van der Waals surface area contributed by atoms with Gasteiger partial charge in [-0.15, -0.1) is 12.3 Å². The first-order valence-electron chi connectivity index (χ1n) is 6.47. The quantitative estimate of drug-likeness (QED) is 0.521. The smallest absolute Gasteiger partial charge is 0.00865 e. The summed E-state index contributed by atoms with van der Waals surface area (Å²) in [5.41, 5.74) is 0. The number of unbranched alkanes of at least 4 members (excludes halogenated alkanes) is 2. The Kier molecular flexibility index (Phi) is 6.52. The van der Waals surface area contributed by atoms with E-state index in [1.165, 1.54) is 45.1 Å². The summed E-state index contributed by atoms with van der Waals surface area (Å²) >= 11 is 0. The molecule has 0 heterocycles. The Balaban J connectivity index is 1.93. The van der Waals surface area contributed by atoms with Crippen LogP contribution in [0.4, 0.5) is 0 Å². The molecule has 1 saturated carbocycles. The molecule has 0 aromatic rings. The number of terminal acetylenes is 1. The minimum Gasteiger partial charge on any atom is -0.316 e. The summed E-state index contributed by atoms with van der Waals surface area (Å²) < 4.78 is 0. The van der Waals surface area contributed by atoms with Gasteiger partial charge >= 0.3 is 0 Å². The summed E-state index contributed by atoms with van der Waals surface area (Å²) in [6, 6.07) is 0. The summed E-state index contributed by atoms with van der Waals surface area (Å²) in [7, 11) is 0. The molecule has 1 N–H and O–H groups in total. The van der Waals surface area contributed by atoms with Crippen LogP contribution in [0, 0.1) is 24.2 Å². The fourth-order valence-electron chi connectivity index (χ4n) is 2.53. The maximum absolute atomic E-state index is 5.21. The maximum atomic E-state index is 5.21. The Morgan fingerprint density at radius 1 is 1.33 bits per heavy atom. The number of hydrogen-bond acceptors (Lipinski definition) is 1. The van der Waals surface area contributed by atoms with Gasteiger partial charge in [0.2, 0.25) is 0 Å². The SMILES string of the molecule is C#CCCCCNCC1CCCC(C)C1. The molecule has 2 atom stereocenters. The molecule has 2 unspecified atom stereocenters. The molecular formula is C14H25N. The highest BCUT2D eigenvalue weighted by molar-refractivity contribution is 4.82. The first kappa shape index (κ1) is 12.6. The van der Waals surface area contributed by atoms with Gasteiger partial charge in [0.05, 0.1) is 0 Å². The van der Waals surface area contributed by atoms with Crippen LogP contribution in [0.1, 0.15) is 51.9 Å². The van der Waals surface area contributed by atoms with Crippen LogP contribution in [-0.4, -0.2) is 13.1 Å². The Hall–Kier alpha value is -0.480. The lowest BCUT2D eigenvalue weighted by molar-refractivity contribution is 0.274. The van der Waals surface area contributed by atoms with Crippen molar-refractivity contribution < 1.29 is 0 Å². The van der Waals surface area contributed by atoms with Crippen molar-refractivity contribution in [3.8, 4) is 12.3 Å². The molecule has 0 bridgehead atoms. The van der Waals surface area contributed by atoms with Gasteiger partial charge in [-0.3, -0.25) is 0 Å². The zero-order valence-corrected chi connectivity index (χ0v) is 10.1. The lowest BCUT2D eigenvalue weighted by Gasteiger charge is -2.26. The minimum atomic E-state index is 0.932. The van der Waals surface area contributed by atoms with E-state index in [9.17, 15) is 0 Å². The fraction of sp³-hybridized carbons (Fsp3) is 0.857. The van der Waals surface area contributed by atoms with Crippen molar-refractivity contribution >= 4 is 0 Å². The summed E-state index contributed by atoms with van der Waals surface area (Å²) in [4.78, 5) is 0. The molecule has 1 aliphatic carbocycles. The van der Waals surface area contributed by atoms with Crippen molar-refractivity contribution in [2.45, 2.75) is 51.9 Å². The van der Waals surface area contributed by atoms with Crippen molar-refractivity contribution in [3.05, 3.63) is 0 Å². The maximum Gasteiger partial charge on any atom is 0.00865 e. The van der Waals surface area contributed by atoms with Crippen LogP contribution in [0.2, 0.25) is 0 Å². The van der Waals surface area contributed by atoms with E-state index >= 15 is 0 Å². The Morgan fingerprint density at radius 2 is 2.20 bits per heavy atom. The molecule has 0 aliphatic heterocycles. The van der Waals surface area contributed by atoms with Crippen LogP contribution in [-0.2, 0) is 0 Å². The molecule has 1 nitrogen and oxygen atoms in total. The van der Waals surface area contributed by atoms with Gasteiger partial charge in [0.1, 0.15) is 0 Å². The van der Waals surface area contributed by atoms with Crippen molar-refractivity contribution in [3.63, 3.8) is 0 Å². The second-order valence-electron chi connectivity index (χ2n) is 5.00. The normalized spacial score (nSPS) is 26.1. The molecule has 0 aromatic carbocycles. The lowest BCUT2D eigenvalue weighted by Crippen LogP contribution is -2.27. The third-order valence-electron chi connectivity index (χ3n) is 3.40. The highest BCUT2D eigenvalue weighted by Crippen LogP contribution is 2.27. The van der Waals surface area contributed by atoms with Gasteiger partial charge in [0.15, 0.2) is 0 Å². The van der Waals surface area contributed by atoms with E-state index in [4.69, 9.17) is 6.42 Å². The summed E-state index contributed by atoms with van der Waals surface area (Å²) in [6.45, 7) is 4.76. The molecule has 1 heteroatoms. The van der Waals surface area contributed by atoms with E-state index < -0.39 is 0 Å². The van der Waals surface area contributed by atoms with Crippen molar-refractivity contribution in [1.82, 2.24) is 5.32 Å². The Labute approximate surface area is 95.0 Å². The van der Waals surface area contributed by atoms with Crippen LogP contribution in [0.3, 0.4) is 0 Å². The van der Waals surface area contributed by atoms with E-state index in [-0.39, 0.29) is 0 Å². The van der Waals surface area contributed by atoms with E-state index in [2.05, 4.69) is 18.2 Å². The number of nitrogens with one attached hydrogen (secondary N) is 1. The van der Waals surface area contributed by atoms with Crippen molar-refractivity contribution in [1.29, 1.82) is 0 Å². The van der Waals surface area contributed by atoms with Crippen LogP contribution < -0.4 is 5.32 Å². The summed E-state index contributed by atoms with van der Waals surface area (Å²) in [6.07, 6.45) is 14.3. The van der Waals surface area contributed by atoms with Gasteiger partial charge in [0.25, 0.3) is 0 Å². The first-order chi connectivity index (χ1) is 7.33. The fourth-order valence-corrected chi connectivity index (χ4v) is 2.53. The predicted octanol–water partition coefficient (Wildman–Crippen LogP) is 3.21. The Morgan fingerprint density at radius 3 is 2.93 bits per heavy atom. The predicted molar refractivity (Wildman–Crippen MR) is 66.7 cm³/mol. The van der Waals surface area contributed by atoms with Gasteiger partial charge < -0.3 is 5.32 Å². The molecule has 1 aliphatic rings. The van der Waals surface area contributed by atoms with Crippen LogP contribution in [0.15, 0.2) is 0 Å². The van der Waals surface area contributed by atoms with Gasteiger partial charge in [0, 0.05) is 6.42 Å². The molecule has 15 heavy (non-hydrogen) atoms. The van der Waals surface area contributed by atoms with Gasteiger partial charge in [-0.05, 0) is 50.6 Å². The molecule has 0 spiro atoms.